The molecule has 6 heteroatoms. The van der Waals surface area contributed by atoms with Crippen LogP contribution in [0, 0.1) is 5.82 Å². The largest absolute Gasteiger partial charge is 0.369 e. The van der Waals surface area contributed by atoms with Gasteiger partial charge in [0.25, 0.3) is 0 Å². The van der Waals surface area contributed by atoms with Crippen molar-refractivity contribution in [3.8, 4) is 11.3 Å². The molecule has 1 heterocycles. The summed E-state index contributed by atoms with van der Waals surface area (Å²) in [7, 11) is 0. The summed E-state index contributed by atoms with van der Waals surface area (Å²) in [6, 6.07) is 5.75. The Morgan fingerprint density at radius 2 is 1.85 bits per heavy atom. The van der Waals surface area contributed by atoms with Gasteiger partial charge < -0.3 is 5.32 Å². The Kier molecular flexibility index (Phi) is 5.08. The molecule has 0 unspecified atom stereocenters. The van der Waals surface area contributed by atoms with Gasteiger partial charge in [0.1, 0.15) is 11.6 Å². The normalized spacial score (nSPS) is 10.7. The molecule has 1 aromatic heterocycles. The quantitative estimate of drug-likeness (QED) is 0.779. The van der Waals surface area contributed by atoms with Gasteiger partial charge in [-0.3, -0.25) is 0 Å². The molecule has 0 bridgehead atoms. The predicted molar refractivity (Wildman–Crippen MR) is 83.4 cm³/mol. The van der Waals surface area contributed by atoms with Crippen molar-refractivity contribution in [3.63, 3.8) is 0 Å². The number of halogens is 4. The van der Waals surface area contributed by atoms with Crippen molar-refractivity contribution in [1.29, 1.82) is 0 Å². The van der Waals surface area contributed by atoms with Crippen LogP contribution in [0.25, 0.3) is 11.3 Å². The van der Waals surface area contributed by atoms with Crippen LogP contribution < -0.4 is 5.32 Å². The summed E-state index contributed by atoms with van der Waals surface area (Å²) in [6.07, 6.45) is 0.932. The fourth-order valence-corrected chi connectivity index (χ4v) is 2.48. The van der Waals surface area contributed by atoms with Crippen LogP contribution in [-0.2, 0) is 0 Å². The minimum atomic E-state index is -0.441. The number of aromatic nitrogens is 1. The lowest BCUT2D eigenvalue weighted by molar-refractivity contribution is 0.628. The first-order chi connectivity index (χ1) is 9.51. The van der Waals surface area contributed by atoms with Crippen molar-refractivity contribution in [2.45, 2.75) is 13.3 Å². The van der Waals surface area contributed by atoms with Gasteiger partial charge in [-0.15, -0.1) is 0 Å². The molecule has 2 rings (SSSR count). The predicted octanol–water partition coefficient (Wildman–Crippen LogP) is 5.67. The van der Waals surface area contributed by atoms with Crippen LogP contribution in [0.2, 0.25) is 15.1 Å². The lowest BCUT2D eigenvalue weighted by atomic mass is 10.1. The number of benzene rings is 1. The van der Waals surface area contributed by atoms with Gasteiger partial charge in [0.05, 0.1) is 15.7 Å². The fraction of sp³-hybridized carbons (Fsp3) is 0.214. The van der Waals surface area contributed by atoms with Crippen LogP contribution in [0.4, 0.5) is 10.2 Å². The van der Waals surface area contributed by atoms with E-state index >= 15 is 0 Å². The topological polar surface area (TPSA) is 24.9 Å². The van der Waals surface area contributed by atoms with E-state index in [2.05, 4.69) is 10.3 Å². The zero-order chi connectivity index (χ0) is 14.7. The summed E-state index contributed by atoms with van der Waals surface area (Å²) in [5, 5.41) is 4.16. The highest BCUT2D eigenvalue weighted by molar-refractivity contribution is 6.37. The number of hydrogen-bond acceptors (Lipinski definition) is 2. The molecule has 0 aliphatic carbocycles. The SMILES string of the molecule is CCCNc1nc(-c2cc(F)cc(Cl)c2)c(Cl)cc1Cl. The van der Waals surface area contributed by atoms with Crippen LogP contribution in [-0.4, -0.2) is 11.5 Å². The average molecular weight is 334 g/mol. The van der Waals surface area contributed by atoms with Crippen LogP contribution >= 0.6 is 34.8 Å². The molecule has 0 fully saturated rings. The van der Waals surface area contributed by atoms with E-state index in [1.807, 2.05) is 6.92 Å². The minimum Gasteiger partial charge on any atom is -0.369 e. The molecular formula is C14H12Cl3FN2. The third-order valence-electron chi connectivity index (χ3n) is 2.61. The first-order valence-electron chi connectivity index (χ1n) is 6.07. The maximum Gasteiger partial charge on any atom is 0.145 e. The summed E-state index contributed by atoms with van der Waals surface area (Å²) in [5.41, 5.74) is 0.951. The van der Waals surface area contributed by atoms with Gasteiger partial charge in [-0.1, -0.05) is 41.7 Å². The minimum absolute atomic E-state index is 0.288. The smallest absolute Gasteiger partial charge is 0.145 e. The number of hydrogen-bond donors (Lipinski definition) is 1. The molecule has 20 heavy (non-hydrogen) atoms. The molecule has 0 aliphatic rings. The highest BCUT2D eigenvalue weighted by Gasteiger charge is 2.12. The molecule has 106 valence electrons. The van der Waals surface area contributed by atoms with Gasteiger partial charge in [0, 0.05) is 17.1 Å². The van der Waals surface area contributed by atoms with Crippen LogP contribution in [0.15, 0.2) is 24.3 Å². The third kappa shape index (κ3) is 3.54. The Morgan fingerprint density at radius 1 is 1.10 bits per heavy atom. The van der Waals surface area contributed by atoms with E-state index in [-0.39, 0.29) is 5.02 Å². The number of nitrogens with one attached hydrogen (secondary N) is 1. The van der Waals surface area contributed by atoms with Crippen molar-refractivity contribution in [1.82, 2.24) is 4.98 Å². The van der Waals surface area contributed by atoms with Crippen molar-refractivity contribution >= 4 is 40.6 Å². The van der Waals surface area contributed by atoms with E-state index in [1.165, 1.54) is 12.1 Å². The molecule has 1 aromatic carbocycles. The number of nitrogens with zero attached hydrogens (tertiary/aromatic N) is 1. The van der Waals surface area contributed by atoms with Crippen LogP contribution in [0.1, 0.15) is 13.3 Å². The zero-order valence-electron chi connectivity index (χ0n) is 10.7. The number of anilines is 1. The van der Waals surface area contributed by atoms with Crippen molar-refractivity contribution < 1.29 is 4.39 Å². The zero-order valence-corrected chi connectivity index (χ0v) is 13.0. The van der Waals surface area contributed by atoms with Crippen LogP contribution in [0.3, 0.4) is 0 Å². The van der Waals surface area contributed by atoms with Crippen molar-refractivity contribution in [3.05, 3.63) is 45.2 Å². The molecule has 0 amide bonds. The van der Waals surface area contributed by atoms with E-state index in [4.69, 9.17) is 34.8 Å². The fourth-order valence-electron chi connectivity index (χ4n) is 1.73. The summed E-state index contributed by atoms with van der Waals surface area (Å²) in [6.45, 7) is 2.77. The molecule has 0 saturated heterocycles. The number of rotatable bonds is 4. The van der Waals surface area contributed by atoms with Crippen LogP contribution in [0.5, 0.6) is 0 Å². The lowest BCUT2D eigenvalue weighted by Gasteiger charge is -2.11. The second-order valence-corrected chi connectivity index (χ2v) is 5.48. The molecule has 0 aliphatic heterocycles. The summed E-state index contributed by atoms with van der Waals surface area (Å²) in [5.74, 6) is 0.0803. The summed E-state index contributed by atoms with van der Waals surface area (Å²) in [4.78, 5) is 4.36. The second kappa shape index (κ2) is 6.61. The molecule has 0 saturated carbocycles. The molecule has 1 N–H and O–H groups in total. The second-order valence-electron chi connectivity index (χ2n) is 4.23. The molecule has 0 atom stereocenters. The van der Waals surface area contributed by atoms with Gasteiger partial charge in [-0.05, 0) is 30.7 Å². The first-order valence-corrected chi connectivity index (χ1v) is 7.21. The highest BCUT2D eigenvalue weighted by Crippen LogP contribution is 2.33. The maximum absolute atomic E-state index is 13.4. The Morgan fingerprint density at radius 3 is 2.50 bits per heavy atom. The molecule has 0 spiro atoms. The summed E-state index contributed by atoms with van der Waals surface area (Å²) < 4.78 is 13.4. The average Bonchev–Trinajstić information content (AvgIpc) is 2.36. The van der Waals surface area contributed by atoms with E-state index in [0.29, 0.717) is 27.1 Å². The van der Waals surface area contributed by atoms with Gasteiger partial charge >= 0.3 is 0 Å². The maximum atomic E-state index is 13.4. The Hall–Kier alpha value is -1.03. The Balaban J connectivity index is 2.49. The van der Waals surface area contributed by atoms with E-state index in [0.717, 1.165) is 13.0 Å². The molecule has 2 aromatic rings. The molecule has 0 radical (unpaired) electrons. The molecular weight excluding hydrogens is 322 g/mol. The first kappa shape index (κ1) is 15.4. The van der Waals surface area contributed by atoms with Crippen molar-refractivity contribution in [2.24, 2.45) is 0 Å². The van der Waals surface area contributed by atoms with Gasteiger partial charge in [0.15, 0.2) is 0 Å². The van der Waals surface area contributed by atoms with Gasteiger partial charge in [0.2, 0.25) is 0 Å². The molecule has 2 nitrogen and oxygen atoms in total. The Bertz CT molecular complexity index is 612. The standard InChI is InChI=1S/C14H12Cl3FN2/c1-2-3-19-14-12(17)7-11(16)13(20-14)8-4-9(15)6-10(18)5-8/h4-7H,2-3H2,1H3,(H,19,20). The van der Waals surface area contributed by atoms with Gasteiger partial charge in [-0.25, -0.2) is 9.37 Å². The highest BCUT2D eigenvalue weighted by atomic mass is 35.5. The Labute approximate surface area is 131 Å². The van der Waals surface area contributed by atoms with Gasteiger partial charge in [-0.2, -0.15) is 0 Å². The van der Waals surface area contributed by atoms with E-state index in [1.54, 1.807) is 12.1 Å². The number of pyridine rings is 1. The third-order valence-corrected chi connectivity index (χ3v) is 3.40. The monoisotopic (exact) mass is 332 g/mol. The lowest BCUT2D eigenvalue weighted by Crippen LogP contribution is -2.03. The summed E-state index contributed by atoms with van der Waals surface area (Å²) >= 11 is 18.1. The van der Waals surface area contributed by atoms with E-state index in [9.17, 15) is 4.39 Å². The van der Waals surface area contributed by atoms with E-state index < -0.39 is 5.82 Å². The van der Waals surface area contributed by atoms with Crippen molar-refractivity contribution in [2.75, 3.05) is 11.9 Å².